The number of aryl methyl sites for hydroxylation is 2. The molecule has 1 fully saturated rings. The van der Waals surface area contributed by atoms with Crippen molar-refractivity contribution in [2.75, 3.05) is 31.8 Å². The summed E-state index contributed by atoms with van der Waals surface area (Å²) in [5, 5.41) is 5.03. The molecule has 1 N–H and O–H groups in total. The van der Waals surface area contributed by atoms with Gasteiger partial charge in [-0.3, -0.25) is 0 Å². The summed E-state index contributed by atoms with van der Waals surface area (Å²) in [7, 11) is 1.77. The highest BCUT2D eigenvalue weighted by molar-refractivity contribution is 7.99. The molecule has 1 aromatic heterocycles. The van der Waals surface area contributed by atoms with Gasteiger partial charge in [0.25, 0.3) is 0 Å². The van der Waals surface area contributed by atoms with E-state index in [1.54, 1.807) is 12.0 Å². The Morgan fingerprint density at radius 1 is 1.40 bits per heavy atom. The largest absolute Gasteiger partial charge is 0.383 e. The average Bonchev–Trinajstić information content (AvgIpc) is 3.12. The fraction of sp³-hybridized carbons (Fsp3) is 0.800. The number of hydrogen-bond acceptors (Lipinski definition) is 5. The molecule has 20 heavy (non-hydrogen) atoms. The van der Waals surface area contributed by atoms with Gasteiger partial charge in [-0.15, -0.1) is 11.3 Å². The Morgan fingerprint density at radius 2 is 2.30 bits per heavy atom. The van der Waals surface area contributed by atoms with E-state index in [0.29, 0.717) is 6.04 Å². The Morgan fingerprint density at radius 3 is 3.05 bits per heavy atom. The summed E-state index contributed by atoms with van der Waals surface area (Å²) in [6, 6.07) is 0.441. The number of aromatic nitrogens is 1. The predicted octanol–water partition coefficient (Wildman–Crippen LogP) is 3.05. The molecule has 112 valence electrons. The lowest BCUT2D eigenvalue weighted by atomic mass is 9.99. The number of thiazole rings is 1. The van der Waals surface area contributed by atoms with Crippen molar-refractivity contribution in [3.63, 3.8) is 0 Å². The van der Waals surface area contributed by atoms with Crippen molar-refractivity contribution in [1.29, 1.82) is 0 Å². The van der Waals surface area contributed by atoms with Gasteiger partial charge >= 0.3 is 0 Å². The van der Waals surface area contributed by atoms with E-state index in [-0.39, 0.29) is 0 Å². The maximum absolute atomic E-state index is 5.19. The van der Waals surface area contributed by atoms with Gasteiger partial charge in [0.2, 0.25) is 0 Å². The molecule has 1 saturated heterocycles. The molecule has 0 spiro atoms. The van der Waals surface area contributed by atoms with Crippen molar-refractivity contribution in [2.24, 2.45) is 5.92 Å². The Labute approximate surface area is 129 Å². The van der Waals surface area contributed by atoms with E-state index < -0.39 is 0 Å². The second kappa shape index (κ2) is 7.25. The molecule has 0 aromatic carbocycles. The first kappa shape index (κ1) is 14.8. The molecule has 2 heterocycles. The first-order valence-corrected chi connectivity index (χ1v) is 9.64. The highest BCUT2D eigenvalue weighted by atomic mass is 32.2. The zero-order valence-corrected chi connectivity index (χ0v) is 13.8. The maximum Gasteiger partial charge on any atom is 0.110 e. The first-order chi connectivity index (χ1) is 9.88. The minimum atomic E-state index is 0.441. The number of nitrogens with zero attached hydrogens (tertiary/aromatic N) is 1. The number of rotatable bonds is 6. The van der Waals surface area contributed by atoms with E-state index >= 15 is 0 Å². The minimum Gasteiger partial charge on any atom is -0.383 e. The van der Waals surface area contributed by atoms with Crippen molar-refractivity contribution >= 4 is 23.1 Å². The SMILES string of the molecule is COCCNC(c1nc2c(s1)CCCC2)C1CCSC1. The third-order valence-electron chi connectivity index (χ3n) is 4.24. The number of ether oxygens (including phenoxy) is 1. The van der Waals surface area contributed by atoms with Gasteiger partial charge in [0, 0.05) is 18.5 Å². The number of hydrogen-bond donors (Lipinski definition) is 1. The van der Waals surface area contributed by atoms with Crippen molar-refractivity contribution < 1.29 is 4.74 Å². The molecule has 0 amide bonds. The van der Waals surface area contributed by atoms with Crippen molar-refractivity contribution in [2.45, 2.75) is 38.1 Å². The summed E-state index contributed by atoms with van der Waals surface area (Å²) < 4.78 is 5.19. The molecule has 5 heteroatoms. The van der Waals surface area contributed by atoms with Crippen molar-refractivity contribution in [3.8, 4) is 0 Å². The fourth-order valence-electron chi connectivity index (χ4n) is 3.09. The molecule has 1 aromatic rings. The van der Waals surface area contributed by atoms with E-state index in [1.165, 1.54) is 54.3 Å². The zero-order valence-electron chi connectivity index (χ0n) is 12.2. The van der Waals surface area contributed by atoms with Crippen LogP contribution in [0.3, 0.4) is 0 Å². The molecule has 3 nitrogen and oxygen atoms in total. The van der Waals surface area contributed by atoms with Crippen LogP contribution in [0.1, 0.15) is 40.9 Å². The van der Waals surface area contributed by atoms with E-state index in [1.807, 2.05) is 11.3 Å². The summed E-state index contributed by atoms with van der Waals surface area (Å²) in [5.74, 6) is 3.32. The highest BCUT2D eigenvalue weighted by Crippen LogP contribution is 2.38. The third kappa shape index (κ3) is 3.38. The molecule has 0 radical (unpaired) electrons. The van der Waals surface area contributed by atoms with Gasteiger partial charge in [0.15, 0.2) is 0 Å². The van der Waals surface area contributed by atoms with Crippen LogP contribution < -0.4 is 5.32 Å². The molecule has 2 unspecified atom stereocenters. The van der Waals surface area contributed by atoms with Crippen LogP contribution in [-0.2, 0) is 17.6 Å². The van der Waals surface area contributed by atoms with Gasteiger partial charge in [-0.1, -0.05) is 0 Å². The van der Waals surface area contributed by atoms with Crippen molar-refractivity contribution in [1.82, 2.24) is 10.3 Å². The molecule has 0 bridgehead atoms. The second-order valence-electron chi connectivity index (χ2n) is 5.68. The number of nitrogens with one attached hydrogen (secondary N) is 1. The predicted molar refractivity (Wildman–Crippen MR) is 86.8 cm³/mol. The van der Waals surface area contributed by atoms with E-state index in [9.17, 15) is 0 Å². The second-order valence-corrected chi connectivity index (χ2v) is 7.94. The summed E-state index contributed by atoms with van der Waals surface area (Å²) >= 11 is 4.05. The average molecular weight is 313 g/mol. The summed E-state index contributed by atoms with van der Waals surface area (Å²) in [6.45, 7) is 1.70. The van der Waals surface area contributed by atoms with Crippen LogP contribution in [0.15, 0.2) is 0 Å². The van der Waals surface area contributed by atoms with Crippen LogP contribution in [0, 0.1) is 5.92 Å². The van der Waals surface area contributed by atoms with Gasteiger partial charge in [0.05, 0.1) is 18.3 Å². The molecule has 0 saturated carbocycles. The molecule has 2 atom stereocenters. The van der Waals surface area contributed by atoms with Gasteiger partial charge in [0.1, 0.15) is 5.01 Å². The van der Waals surface area contributed by atoms with Gasteiger partial charge in [-0.2, -0.15) is 11.8 Å². The minimum absolute atomic E-state index is 0.441. The Hall–Kier alpha value is -0.100. The van der Waals surface area contributed by atoms with Gasteiger partial charge in [-0.05, 0) is 49.5 Å². The normalized spacial score (nSPS) is 23.8. The standard InChI is InChI=1S/C15H24N2OS2/c1-18-8-7-16-14(11-6-9-19-10-11)15-17-12-4-2-3-5-13(12)20-15/h11,14,16H,2-10H2,1H3. The Balaban J connectivity index is 1.74. The first-order valence-electron chi connectivity index (χ1n) is 7.67. The van der Waals surface area contributed by atoms with E-state index in [0.717, 1.165) is 19.1 Å². The van der Waals surface area contributed by atoms with Crippen LogP contribution in [0.2, 0.25) is 0 Å². The van der Waals surface area contributed by atoms with Crippen LogP contribution in [-0.4, -0.2) is 36.8 Å². The lowest BCUT2D eigenvalue weighted by Crippen LogP contribution is -2.31. The summed E-state index contributed by atoms with van der Waals surface area (Å²) in [4.78, 5) is 6.53. The lowest BCUT2D eigenvalue weighted by molar-refractivity contribution is 0.191. The molecular weight excluding hydrogens is 288 g/mol. The number of thioether (sulfide) groups is 1. The Kier molecular flexibility index (Phi) is 5.37. The van der Waals surface area contributed by atoms with Crippen LogP contribution >= 0.6 is 23.1 Å². The number of fused-ring (bicyclic) bond motifs is 1. The van der Waals surface area contributed by atoms with Gasteiger partial charge < -0.3 is 10.1 Å². The molecule has 2 aliphatic rings. The topological polar surface area (TPSA) is 34.1 Å². The molecule has 1 aliphatic heterocycles. The molecule has 3 rings (SSSR count). The fourth-order valence-corrected chi connectivity index (χ4v) is 5.71. The van der Waals surface area contributed by atoms with Crippen LogP contribution in [0.4, 0.5) is 0 Å². The van der Waals surface area contributed by atoms with Crippen molar-refractivity contribution in [3.05, 3.63) is 15.6 Å². The smallest absolute Gasteiger partial charge is 0.110 e. The van der Waals surface area contributed by atoms with E-state index in [4.69, 9.17) is 9.72 Å². The molecule has 1 aliphatic carbocycles. The Bertz CT molecular complexity index is 406. The van der Waals surface area contributed by atoms with Crippen LogP contribution in [0.5, 0.6) is 0 Å². The van der Waals surface area contributed by atoms with E-state index in [2.05, 4.69) is 17.1 Å². The van der Waals surface area contributed by atoms with Gasteiger partial charge in [-0.25, -0.2) is 4.98 Å². The summed E-state index contributed by atoms with van der Waals surface area (Å²) in [6.07, 6.45) is 6.42. The quantitative estimate of drug-likeness (QED) is 0.819. The zero-order chi connectivity index (χ0) is 13.8. The van der Waals surface area contributed by atoms with Crippen LogP contribution in [0.25, 0.3) is 0 Å². The maximum atomic E-state index is 5.19. The number of methoxy groups -OCH3 is 1. The molecular formula is C15H24N2OS2. The lowest BCUT2D eigenvalue weighted by Gasteiger charge is -2.22. The third-order valence-corrected chi connectivity index (χ3v) is 6.66. The monoisotopic (exact) mass is 312 g/mol. The highest BCUT2D eigenvalue weighted by Gasteiger charge is 2.30. The summed E-state index contributed by atoms with van der Waals surface area (Å²) in [5.41, 5.74) is 1.39.